The van der Waals surface area contributed by atoms with E-state index in [0.29, 0.717) is 18.8 Å². The van der Waals surface area contributed by atoms with Crippen molar-refractivity contribution in [2.24, 2.45) is 0 Å². The van der Waals surface area contributed by atoms with Gasteiger partial charge in [0.05, 0.1) is 12.3 Å². The monoisotopic (exact) mass is 277 g/mol. The number of aryl methyl sites for hydroxylation is 1. The van der Waals surface area contributed by atoms with E-state index < -0.39 is 11.6 Å². The fourth-order valence-electron chi connectivity index (χ4n) is 2.00. The lowest BCUT2D eigenvalue weighted by Gasteiger charge is -2.25. The van der Waals surface area contributed by atoms with Gasteiger partial charge in [0, 0.05) is 25.4 Å². The van der Waals surface area contributed by atoms with Crippen LogP contribution in [-0.2, 0) is 4.74 Å². The minimum atomic E-state index is -0.582. The standard InChI is InChI=1S/C16H17F2NO/c1-12-3-6-14(7-4-12)19(9-10-20-2)16-8-5-13(17)11-15(16)18/h3-8,11H,9-10H2,1-2H3. The van der Waals surface area contributed by atoms with Crippen LogP contribution in [0.2, 0.25) is 0 Å². The van der Waals surface area contributed by atoms with Crippen molar-refractivity contribution in [3.8, 4) is 0 Å². The van der Waals surface area contributed by atoms with E-state index in [2.05, 4.69) is 0 Å². The minimum Gasteiger partial charge on any atom is -0.383 e. The van der Waals surface area contributed by atoms with E-state index in [0.717, 1.165) is 17.3 Å². The molecule has 0 saturated carbocycles. The molecule has 0 fully saturated rings. The summed E-state index contributed by atoms with van der Waals surface area (Å²) in [4.78, 5) is 1.78. The third-order valence-electron chi connectivity index (χ3n) is 3.07. The fraction of sp³-hybridized carbons (Fsp3) is 0.250. The zero-order chi connectivity index (χ0) is 14.5. The molecule has 0 spiro atoms. The van der Waals surface area contributed by atoms with Crippen LogP contribution >= 0.6 is 0 Å². The molecule has 106 valence electrons. The summed E-state index contributed by atoms with van der Waals surface area (Å²) in [5.74, 6) is -1.16. The van der Waals surface area contributed by atoms with Crippen LogP contribution in [0.3, 0.4) is 0 Å². The molecule has 0 amide bonds. The molecule has 0 atom stereocenters. The molecule has 0 N–H and O–H groups in total. The molecule has 0 aliphatic rings. The summed E-state index contributed by atoms with van der Waals surface area (Å²) in [6, 6.07) is 11.3. The van der Waals surface area contributed by atoms with Gasteiger partial charge in [-0.3, -0.25) is 0 Å². The number of methoxy groups -OCH3 is 1. The lowest BCUT2D eigenvalue weighted by Crippen LogP contribution is -2.23. The van der Waals surface area contributed by atoms with Crippen molar-refractivity contribution in [3.63, 3.8) is 0 Å². The third kappa shape index (κ3) is 3.33. The maximum Gasteiger partial charge on any atom is 0.149 e. The SMILES string of the molecule is COCCN(c1ccc(C)cc1)c1ccc(F)cc1F. The van der Waals surface area contributed by atoms with Gasteiger partial charge in [-0.25, -0.2) is 8.78 Å². The molecular weight excluding hydrogens is 260 g/mol. The second-order valence-corrected chi connectivity index (χ2v) is 4.58. The summed E-state index contributed by atoms with van der Waals surface area (Å²) in [6.07, 6.45) is 0. The van der Waals surface area contributed by atoms with Gasteiger partial charge in [-0.1, -0.05) is 17.7 Å². The van der Waals surface area contributed by atoms with E-state index in [1.165, 1.54) is 12.1 Å². The van der Waals surface area contributed by atoms with Crippen LogP contribution in [0.25, 0.3) is 0 Å². The first-order valence-corrected chi connectivity index (χ1v) is 6.40. The first kappa shape index (κ1) is 14.5. The van der Waals surface area contributed by atoms with E-state index in [1.54, 1.807) is 12.0 Å². The summed E-state index contributed by atoms with van der Waals surface area (Å²) < 4.78 is 32.1. The number of anilines is 2. The van der Waals surface area contributed by atoms with Gasteiger partial charge in [0.2, 0.25) is 0 Å². The van der Waals surface area contributed by atoms with Gasteiger partial charge >= 0.3 is 0 Å². The first-order valence-electron chi connectivity index (χ1n) is 6.40. The Balaban J connectivity index is 2.38. The molecule has 2 rings (SSSR count). The molecule has 0 heterocycles. The van der Waals surface area contributed by atoms with Crippen molar-refractivity contribution in [1.29, 1.82) is 0 Å². The molecule has 0 radical (unpaired) electrons. The van der Waals surface area contributed by atoms with Crippen LogP contribution in [0.15, 0.2) is 42.5 Å². The molecule has 0 bridgehead atoms. The molecule has 0 aliphatic carbocycles. The van der Waals surface area contributed by atoms with Gasteiger partial charge in [-0.05, 0) is 31.2 Å². The van der Waals surface area contributed by atoms with Crippen LogP contribution < -0.4 is 4.90 Å². The zero-order valence-corrected chi connectivity index (χ0v) is 11.6. The number of ether oxygens (including phenoxy) is 1. The lowest BCUT2D eigenvalue weighted by atomic mass is 10.2. The van der Waals surface area contributed by atoms with Crippen molar-refractivity contribution in [3.05, 3.63) is 59.7 Å². The van der Waals surface area contributed by atoms with Crippen LogP contribution in [0, 0.1) is 18.6 Å². The van der Waals surface area contributed by atoms with Crippen molar-refractivity contribution in [1.82, 2.24) is 0 Å². The second-order valence-electron chi connectivity index (χ2n) is 4.58. The Morgan fingerprint density at radius 1 is 1.05 bits per heavy atom. The molecule has 20 heavy (non-hydrogen) atoms. The summed E-state index contributed by atoms with van der Waals surface area (Å²) >= 11 is 0. The normalized spacial score (nSPS) is 10.6. The van der Waals surface area contributed by atoms with Crippen molar-refractivity contribution < 1.29 is 13.5 Å². The number of rotatable bonds is 5. The van der Waals surface area contributed by atoms with Gasteiger partial charge in [0.25, 0.3) is 0 Å². The van der Waals surface area contributed by atoms with Crippen LogP contribution in [-0.4, -0.2) is 20.3 Å². The number of nitrogens with zero attached hydrogens (tertiary/aromatic N) is 1. The van der Waals surface area contributed by atoms with Gasteiger partial charge in [-0.15, -0.1) is 0 Å². The average Bonchev–Trinajstić information content (AvgIpc) is 2.42. The average molecular weight is 277 g/mol. The Labute approximate surface area is 117 Å². The Kier molecular flexibility index (Phi) is 4.69. The Morgan fingerprint density at radius 3 is 2.35 bits per heavy atom. The molecular formula is C16H17F2NO. The second kappa shape index (κ2) is 6.48. The zero-order valence-electron chi connectivity index (χ0n) is 11.6. The van der Waals surface area contributed by atoms with Crippen LogP contribution in [0.5, 0.6) is 0 Å². The quantitative estimate of drug-likeness (QED) is 0.817. The summed E-state index contributed by atoms with van der Waals surface area (Å²) in [5, 5.41) is 0. The van der Waals surface area contributed by atoms with Gasteiger partial charge in [0.1, 0.15) is 11.6 Å². The highest BCUT2D eigenvalue weighted by atomic mass is 19.1. The maximum atomic E-state index is 14.0. The van der Waals surface area contributed by atoms with Crippen molar-refractivity contribution in [2.45, 2.75) is 6.92 Å². The lowest BCUT2D eigenvalue weighted by molar-refractivity contribution is 0.207. The summed E-state index contributed by atoms with van der Waals surface area (Å²) in [7, 11) is 1.59. The van der Waals surface area contributed by atoms with E-state index in [-0.39, 0.29) is 0 Å². The summed E-state index contributed by atoms with van der Waals surface area (Å²) in [6.45, 7) is 2.93. The summed E-state index contributed by atoms with van der Waals surface area (Å²) in [5.41, 5.74) is 2.31. The molecule has 2 nitrogen and oxygen atoms in total. The maximum absolute atomic E-state index is 14.0. The molecule has 0 aromatic heterocycles. The number of benzene rings is 2. The largest absolute Gasteiger partial charge is 0.383 e. The highest BCUT2D eigenvalue weighted by Gasteiger charge is 2.14. The van der Waals surface area contributed by atoms with E-state index in [4.69, 9.17) is 4.74 Å². The predicted molar refractivity (Wildman–Crippen MR) is 76.4 cm³/mol. The Bertz CT molecular complexity index is 569. The van der Waals surface area contributed by atoms with Gasteiger partial charge in [-0.2, -0.15) is 0 Å². The Morgan fingerprint density at radius 2 is 1.75 bits per heavy atom. The molecule has 4 heteroatoms. The number of hydrogen-bond acceptors (Lipinski definition) is 2. The Hall–Kier alpha value is -1.94. The molecule has 0 unspecified atom stereocenters. The predicted octanol–water partition coefficient (Wildman–Crippen LogP) is 4.06. The van der Waals surface area contributed by atoms with E-state index >= 15 is 0 Å². The highest BCUT2D eigenvalue weighted by Crippen LogP contribution is 2.28. The van der Waals surface area contributed by atoms with Crippen molar-refractivity contribution >= 4 is 11.4 Å². The first-order chi connectivity index (χ1) is 9.61. The van der Waals surface area contributed by atoms with Gasteiger partial charge in [0.15, 0.2) is 0 Å². The molecule has 2 aromatic rings. The van der Waals surface area contributed by atoms with E-state index in [9.17, 15) is 8.78 Å². The van der Waals surface area contributed by atoms with Gasteiger partial charge < -0.3 is 9.64 Å². The van der Waals surface area contributed by atoms with Crippen LogP contribution in [0.4, 0.5) is 20.2 Å². The molecule has 0 saturated heterocycles. The van der Waals surface area contributed by atoms with E-state index in [1.807, 2.05) is 31.2 Å². The fourth-order valence-corrected chi connectivity index (χ4v) is 2.00. The third-order valence-corrected chi connectivity index (χ3v) is 3.07. The molecule has 2 aromatic carbocycles. The molecule has 0 aliphatic heterocycles. The van der Waals surface area contributed by atoms with Crippen molar-refractivity contribution in [2.75, 3.05) is 25.2 Å². The van der Waals surface area contributed by atoms with Crippen LogP contribution in [0.1, 0.15) is 5.56 Å². The topological polar surface area (TPSA) is 12.5 Å². The smallest absolute Gasteiger partial charge is 0.149 e. The highest BCUT2D eigenvalue weighted by molar-refractivity contribution is 5.64. The number of halogens is 2. The number of hydrogen-bond donors (Lipinski definition) is 0. The minimum absolute atomic E-state index is 0.340.